The van der Waals surface area contributed by atoms with Gasteiger partial charge in [0.05, 0.1) is 19.0 Å². The predicted molar refractivity (Wildman–Crippen MR) is 70.0 cm³/mol. The number of anilines is 1. The first kappa shape index (κ1) is 11.6. The lowest BCUT2D eigenvalue weighted by atomic mass is 10.1. The molecular weight excluding hydrogens is 244 g/mol. The quantitative estimate of drug-likeness (QED) is 0.851. The predicted octanol–water partition coefficient (Wildman–Crippen LogP) is 1.28. The number of carbonyl (C=O) groups is 1. The summed E-state index contributed by atoms with van der Waals surface area (Å²) in [5.74, 6) is 0.655. The van der Waals surface area contributed by atoms with E-state index in [1.165, 1.54) is 0 Å². The van der Waals surface area contributed by atoms with Gasteiger partial charge in [0.15, 0.2) is 0 Å². The summed E-state index contributed by atoms with van der Waals surface area (Å²) in [6.45, 7) is 0. The van der Waals surface area contributed by atoms with Gasteiger partial charge in [0.1, 0.15) is 17.6 Å². The molecule has 2 aromatic rings. The fraction of sp³-hybridized carbons (Fsp3) is 0.231. The van der Waals surface area contributed by atoms with Crippen LogP contribution in [0.3, 0.4) is 0 Å². The van der Waals surface area contributed by atoms with Gasteiger partial charge >= 0.3 is 0 Å². The molecule has 0 saturated carbocycles. The van der Waals surface area contributed by atoms with Crippen LogP contribution >= 0.6 is 0 Å². The van der Waals surface area contributed by atoms with Crippen LogP contribution < -0.4 is 15.4 Å². The van der Waals surface area contributed by atoms with Crippen LogP contribution in [0.25, 0.3) is 0 Å². The SMILES string of the molecule is COc1ccc(C2NC(=O)c3c(cnn3C)N2)cc1. The Kier molecular flexibility index (Phi) is 2.63. The highest BCUT2D eigenvalue weighted by Gasteiger charge is 2.27. The van der Waals surface area contributed by atoms with Crippen molar-refractivity contribution in [1.29, 1.82) is 0 Å². The molecule has 1 aliphatic rings. The summed E-state index contributed by atoms with van der Waals surface area (Å²) in [5.41, 5.74) is 2.25. The first-order chi connectivity index (χ1) is 9.19. The topological polar surface area (TPSA) is 68.2 Å². The maximum Gasteiger partial charge on any atom is 0.273 e. The molecule has 3 rings (SSSR count). The molecule has 19 heavy (non-hydrogen) atoms. The lowest BCUT2D eigenvalue weighted by Crippen LogP contribution is -2.39. The molecule has 2 heterocycles. The van der Waals surface area contributed by atoms with Gasteiger partial charge in [-0.1, -0.05) is 12.1 Å². The van der Waals surface area contributed by atoms with Crippen molar-refractivity contribution in [1.82, 2.24) is 15.1 Å². The average Bonchev–Trinajstić information content (AvgIpc) is 2.81. The highest BCUT2D eigenvalue weighted by Crippen LogP contribution is 2.26. The largest absolute Gasteiger partial charge is 0.497 e. The smallest absolute Gasteiger partial charge is 0.273 e. The van der Waals surface area contributed by atoms with Crippen LogP contribution in [0.4, 0.5) is 5.69 Å². The normalized spacial score (nSPS) is 17.4. The Morgan fingerprint density at radius 1 is 1.26 bits per heavy atom. The zero-order valence-electron chi connectivity index (χ0n) is 10.7. The van der Waals surface area contributed by atoms with E-state index < -0.39 is 0 Å². The van der Waals surface area contributed by atoms with E-state index in [0.29, 0.717) is 5.69 Å². The molecule has 2 N–H and O–H groups in total. The van der Waals surface area contributed by atoms with Crippen LogP contribution in [0, 0.1) is 0 Å². The van der Waals surface area contributed by atoms with E-state index in [-0.39, 0.29) is 12.1 Å². The number of ether oxygens (including phenoxy) is 1. The summed E-state index contributed by atoms with van der Waals surface area (Å²) in [4.78, 5) is 12.0. The number of aromatic nitrogens is 2. The number of nitrogens with zero attached hydrogens (tertiary/aromatic N) is 2. The molecule has 0 bridgehead atoms. The maximum absolute atomic E-state index is 12.0. The average molecular weight is 258 g/mol. The number of fused-ring (bicyclic) bond motifs is 1. The van der Waals surface area contributed by atoms with Crippen molar-refractivity contribution >= 4 is 11.6 Å². The highest BCUT2D eigenvalue weighted by molar-refractivity contribution is 6.00. The van der Waals surface area contributed by atoms with Gasteiger partial charge in [-0.15, -0.1) is 0 Å². The van der Waals surface area contributed by atoms with Gasteiger partial charge in [-0.25, -0.2) is 0 Å². The number of amides is 1. The monoisotopic (exact) mass is 258 g/mol. The number of aryl methyl sites for hydroxylation is 1. The van der Waals surface area contributed by atoms with Gasteiger partial charge in [0.25, 0.3) is 5.91 Å². The summed E-state index contributed by atoms with van der Waals surface area (Å²) in [5, 5.41) is 10.2. The van der Waals surface area contributed by atoms with Gasteiger partial charge in [-0.05, 0) is 17.7 Å². The van der Waals surface area contributed by atoms with E-state index in [9.17, 15) is 4.79 Å². The van der Waals surface area contributed by atoms with Crippen LogP contribution in [0.15, 0.2) is 30.5 Å². The molecule has 0 radical (unpaired) electrons. The number of rotatable bonds is 2. The number of carbonyl (C=O) groups excluding carboxylic acids is 1. The fourth-order valence-corrected chi connectivity index (χ4v) is 2.17. The second-order valence-corrected chi connectivity index (χ2v) is 4.35. The van der Waals surface area contributed by atoms with Gasteiger partial charge in [0.2, 0.25) is 0 Å². The number of hydrogen-bond acceptors (Lipinski definition) is 4. The van der Waals surface area contributed by atoms with Crippen molar-refractivity contribution in [3.63, 3.8) is 0 Å². The maximum atomic E-state index is 12.0. The Labute approximate surface area is 110 Å². The molecule has 1 amide bonds. The third-order valence-corrected chi connectivity index (χ3v) is 3.18. The van der Waals surface area contributed by atoms with Gasteiger partial charge < -0.3 is 15.4 Å². The number of nitrogens with one attached hydrogen (secondary N) is 2. The van der Waals surface area contributed by atoms with E-state index in [0.717, 1.165) is 17.0 Å². The molecule has 0 spiro atoms. The first-order valence-corrected chi connectivity index (χ1v) is 5.92. The van der Waals surface area contributed by atoms with Crippen molar-refractivity contribution in [2.45, 2.75) is 6.17 Å². The van der Waals surface area contributed by atoms with Gasteiger partial charge in [-0.3, -0.25) is 9.48 Å². The van der Waals surface area contributed by atoms with Crippen molar-refractivity contribution in [2.75, 3.05) is 12.4 Å². The Bertz CT molecular complexity index is 618. The van der Waals surface area contributed by atoms with Crippen LogP contribution in [0.1, 0.15) is 22.2 Å². The summed E-state index contributed by atoms with van der Waals surface area (Å²) >= 11 is 0. The van der Waals surface area contributed by atoms with Gasteiger partial charge in [-0.2, -0.15) is 5.10 Å². The van der Waals surface area contributed by atoms with E-state index in [1.807, 2.05) is 24.3 Å². The van der Waals surface area contributed by atoms with Crippen LogP contribution in [0.2, 0.25) is 0 Å². The van der Waals surface area contributed by atoms with E-state index in [4.69, 9.17) is 4.74 Å². The van der Waals surface area contributed by atoms with Crippen molar-refractivity contribution in [2.24, 2.45) is 7.05 Å². The van der Waals surface area contributed by atoms with E-state index >= 15 is 0 Å². The lowest BCUT2D eigenvalue weighted by Gasteiger charge is -2.26. The summed E-state index contributed by atoms with van der Waals surface area (Å²) in [6, 6.07) is 7.56. The third-order valence-electron chi connectivity index (χ3n) is 3.18. The number of hydrogen-bond donors (Lipinski definition) is 2. The molecule has 98 valence electrons. The second-order valence-electron chi connectivity index (χ2n) is 4.35. The molecule has 0 saturated heterocycles. The molecule has 1 atom stereocenters. The molecule has 1 unspecified atom stereocenters. The van der Waals surface area contributed by atoms with E-state index in [2.05, 4.69) is 15.7 Å². The standard InChI is InChI=1S/C13H14N4O2/c1-17-11-10(7-14-17)15-12(16-13(11)18)8-3-5-9(19-2)6-4-8/h3-7,12,15H,1-2H3,(H,16,18). The van der Waals surface area contributed by atoms with Crippen LogP contribution in [0.5, 0.6) is 5.75 Å². The summed E-state index contributed by atoms with van der Waals surface area (Å²) in [6.07, 6.45) is 1.40. The first-order valence-electron chi connectivity index (χ1n) is 5.92. The molecule has 1 aromatic carbocycles. The van der Waals surface area contributed by atoms with Crippen molar-refractivity contribution < 1.29 is 9.53 Å². The van der Waals surface area contributed by atoms with Gasteiger partial charge in [0, 0.05) is 7.05 Å². The Morgan fingerprint density at radius 2 is 2.00 bits per heavy atom. The Balaban J connectivity index is 1.90. The summed E-state index contributed by atoms with van der Waals surface area (Å²) in [7, 11) is 3.37. The van der Waals surface area contributed by atoms with Crippen molar-refractivity contribution in [3.05, 3.63) is 41.7 Å². The molecule has 6 heteroatoms. The minimum Gasteiger partial charge on any atom is -0.497 e. The zero-order valence-corrected chi connectivity index (χ0v) is 10.7. The zero-order chi connectivity index (χ0) is 13.4. The fourth-order valence-electron chi connectivity index (χ4n) is 2.17. The second kappa shape index (κ2) is 4.31. The lowest BCUT2D eigenvalue weighted by molar-refractivity contribution is 0.0926. The Hall–Kier alpha value is -2.50. The van der Waals surface area contributed by atoms with Crippen LogP contribution in [-0.2, 0) is 7.05 Å². The third kappa shape index (κ3) is 1.91. The molecule has 6 nitrogen and oxygen atoms in total. The number of benzene rings is 1. The molecule has 0 aliphatic carbocycles. The molecule has 0 fully saturated rings. The Morgan fingerprint density at radius 3 is 2.68 bits per heavy atom. The van der Waals surface area contributed by atoms with E-state index in [1.54, 1.807) is 25.0 Å². The van der Waals surface area contributed by atoms with Crippen LogP contribution in [-0.4, -0.2) is 22.8 Å². The molecule has 1 aromatic heterocycles. The highest BCUT2D eigenvalue weighted by atomic mass is 16.5. The molecule has 1 aliphatic heterocycles. The molecular formula is C13H14N4O2. The van der Waals surface area contributed by atoms with Crippen molar-refractivity contribution in [3.8, 4) is 5.75 Å². The number of methoxy groups -OCH3 is 1. The minimum atomic E-state index is -0.255. The minimum absolute atomic E-state index is 0.130. The summed E-state index contributed by atoms with van der Waals surface area (Å²) < 4.78 is 6.67.